The molecule has 146 valence electrons. The summed E-state index contributed by atoms with van der Waals surface area (Å²) in [7, 11) is 0. The van der Waals surface area contributed by atoms with Gasteiger partial charge in [-0.25, -0.2) is 4.98 Å². The summed E-state index contributed by atoms with van der Waals surface area (Å²) < 4.78 is 5.16. The lowest BCUT2D eigenvalue weighted by atomic mass is 10.1. The Morgan fingerprint density at radius 3 is 2.28 bits per heavy atom. The van der Waals surface area contributed by atoms with Gasteiger partial charge in [0.15, 0.2) is 5.82 Å². The maximum atomic E-state index is 5.16. The van der Waals surface area contributed by atoms with E-state index in [0.717, 1.165) is 30.1 Å². The number of nitrogens with one attached hydrogen (secondary N) is 1. The summed E-state index contributed by atoms with van der Waals surface area (Å²) in [6, 6.07) is 24.2. The highest BCUT2D eigenvalue weighted by Crippen LogP contribution is 2.25. The molecule has 0 aliphatic rings. The Kier molecular flexibility index (Phi) is 5.52. The first-order chi connectivity index (χ1) is 14.2. The number of hydrogen-bond acceptors (Lipinski definition) is 6. The molecule has 0 aliphatic heterocycles. The Morgan fingerprint density at radius 2 is 1.62 bits per heavy atom. The average Bonchev–Trinajstić information content (AvgIpc) is 3.17. The molecule has 2 heterocycles. The van der Waals surface area contributed by atoms with Crippen LogP contribution in [0.2, 0.25) is 0 Å². The second-order valence-electron chi connectivity index (χ2n) is 6.75. The van der Waals surface area contributed by atoms with Crippen LogP contribution in [0.1, 0.15) is 18.2 Å². The molecule has 4 aromatic rings. The van der Waals surface area contributed by atoms with E-state index in [1.807, 2.05) is 67.6 Å². The number of aromatic nitrogens is 3. The summed E-state index contributed by atoms with van der Waals surface area (Å²) in [4.78, 5) is 11.8. The van der Waals surface area contributed by atoms with E-state index < -0.39 is 0 Å². The van der Waals surface area contributed by atoms with E-state index in [4.69, 9.17) is 14.5 Å². The van der Waals surface area contributed by atoms with Gasteiger partial charge in [-0.3, -0.25) is 0 Å². The molecule has 0 saturated heterocycles. The van der Waals surface area contributed by atoms with Gasteiger partial charge in [-0.2, -0.15) is 4.98 Å². The van der Waals surface area contributed by atoms with Crippen molar-refractivity contribution in [2.75, 3.05) is 16.8 Å². The summed E-state index contributed by atoms with van der Waals surface area (Å²) in [5.74, 6) is 2.70. The van der Waals surface area contributed by atoms with Crippen molar-refractivity contribution in [3.8, 4) is 11.3 Å². The van der Waals surface area contributed by atoms with Crippen LogP contribution in [0.15, 0.2) is 77.3 Å². The van der Waals surface area contributed by atoms with Gasteiger partial charge in [0, 0.05) is 30.8 Å². The third-order valence-corrected chi connectivity index (χ3v) is 4.55. The van der Waals surface area contributed by atoms with Crippen LogP contribution in [0.25, 0.3) is 11.3 Å². The molecule has 0 amide bonds. The zero-order valence-electron chi connectivity index (χ0n) is 16.5. The number of nitrogens with zero attached hydrogens (tertiary/aromatic N) is 4. The molecule has 0 atom stereocenters. The van der Waals surface area contributed by atoms with Gasteiger partial charge in [-0.15, -0.1) is 0 Å². The minimum absolute atomic E-state index is 0.622. The molecule has 2 aromatic carbocycles. The van der Waals surface area contributed by atoms with Gasteiger partial charge in [0.05, 0.1) is 5.69 Å². The normalized spacial score (nSPS) is 10.7. The Balaban J connectivity index is 1.71. The maximum absolute atomic E-state index is 5.16. The Bertz CT molecular complexity index is 1060. The monoisotopic (exact) mass is 385 g/mol. The highest BCUT2D eigenvalue weighted by Gasteiger charge is 2.14. The van der Waals surface area contributed by atoms with Crippen molar-refractivity contribution in [1.29, 1.82) is 0 Å². The molecule has 0 aliphatic carbocycles. The number of rotatable bonds is 7. The SMILES string of the molecule is CCN(Cc1ccccc1)c1nc(Nc2cc(C)on2)cc(-c2ccccc2)n1. The molecular weight excluding hydrogens is 362 g/mol. The Labute approximate surface area is 170 Å². The molecule has 0 bridgehead atoms. The zero-order chi connectivity index (χ0) is 20.1. The van der Waals surface area contributed by atoms with E-state index in [9.17, 15) is 0 Å². The predicted octanol–water partition coefficient (Wildman–Crippen LogP) is 5.21. The first-order valence-corrected chi connectivity index (χ1v) is 9.65. The van der Waals surface area contributed by atoms with Crippen molar-refractivity contribution in [2.45, 2.75) is 20.4 Å². The van der Waals surface area contributed by atoms with E-state index in [1.165, 1.54) is 5.56 Å². The molecular formula is C23H23N5O. The summed E-state index contributed by atoms with van der Waals surface area (Å²) in [5, 5.41) is 7.25. The minimum atomic E-state index is 0.622. The second kappa shape index (κ2) is 8.56. The molecule has 0 radical (unpaired) electrons. The smallest absolute Gasteiger partial charge is 0.228 e. The van der Waals surface area contributed by atoms with Gasteiger partial charge < -0.3 is 14.7 Å². The first kappa shape index (κ1) is 18.7. The van der Waals surface area contributed by atoms with Crippen molar-refractivity contribution in [3.05, 3.63) is 84.1 Å². The summed E-state index contributed by atoms with van der Waals surface area (Å²) in [5.41, 5.74) is 3.10. The van der Waals surface area contributed by atoms with Gasteiger partial charge in [0.2, 0.25) is 5.95 Å². The highest BCUT2D eigenvalue weighted by molar-refractivity contribution is 5.66. The molecule has 4 rings (SSSR count). The lowest BCUT2D eigenvalue weighted by Gasteiger charge is -2.22. The number of aryl methyl sites for hydroxylation is 1. The van der Waals surface area contributed by atoms with Crippen molar-refractivity contribution in [3.63, 3.8) is 0 Å². The van der Waals surface area contributed by atoms with E-state index in [2.05, 4.69) is 34.4 Å². The molecule has 1 N–H and O–H groups in total. The number of benzene rings is 2. The van der Waals surface area contributed by atoms with E-state index >= 15 is 0 Å². The van der Waals surface area contributed by atoms with Crippen LogP contribution in [0.5, 0.6) is 0 Å². The quantitative estimate of drug-likeness (QED) is 0.471. The average molecular weight is 385 g/mol. The fourth-order valence-corrected chi connectivity index (χ4v) is 3.08. The lowest BCUT2D eigenvalue weighted by Crippen LogP contribution is -2.24. The van der Waals surface area contributed by atoms with Crippen molar-refractivity contribution in [1.82, 2.24) is 15.1 Å². The first-order valence-electron chi connectivity index (χ1n) is 9.65. The largest absolute Gasteiger partial charge is 0.360 e. The second-order valence-corrected chi connectivity index (χ2v) is 6.75. The van der Waals surface area contributed by atoms with Crippen LogP contribution in [0.3, 0.4) is 0 Å². The predicted molar refractivity (Wildman–Crippen MR) is 115 cm³/mol. The van der Waals surface area contributed by atoms with E-state index in [0.29, 0.717) is 17.6 Å². The third-order valence-electron chi connectivity index (χ3n) is 4.55. The van der Waals surface area contributed by atoms with Gasteiger partial charge >= 0.3 is 0 Å². The molecule has 0 fully saturated rings. The highest BCUT2D eigenvalue weighted by atomic mass is 16.5. The summed E-state index contributed by atoms with van der Waals surface area (Å²) >= 11 is 0. The lowest BCUT2D eigenvalue weighted by molar-refractivity contribution is 0.400. The zero-order valence-corrected chi connectivity index (χ0v) is 16.5. The topological polar surface area (TPSA) is 67.1 Å². The van der Waals surface area contributed by atoms with Crippen molar-refractivity contribution < 1.29 is 4.52 Å². The van der Waals surface area contributed by atoms with Crippen molar-refractivity contribution >= 4 is 17.6 Å². The summed E-state index contributed by atoms with van der Waals surface area (Å²) in [6.07, 6.45) is 0. The molecule has 0 unspecified atom stereocenters. The molecule has 0 spiro atoms. The van der Waals surface area contributed by atoms with Crippen LogP contribution >= 0.6 is 0 Å². The molecule has 29 heavy (non-hydrogen) atoms. The van der Waals surface area contributed by atoms with Crippen LogP contribution in [-0.4, -0.2) is 21.7 Å². The van der Waals surface area contributed by atoms with E-state index in [1.54, 1.807) is 0 Å². The third kappa shape index (κ3) is 4.60. The van der Waals surface area contributed by atoms with Gasteiger partial charge in [-0.1, -0.05) is 65.8 Å². The van der Waals surface area contributed by atoms with E-state index in [-0.39, 0.29) is 0 Å². The van der Waals surface area contributed by atoms with Crippen LogP contribution < -0.4 is 10.2 Å². The Hall–Kier alpha value is -3.67. The number of anilines is 3. The fraction of sp³-hybridized carbons (Fsp3) is 0.174. The van der Waals surface area contributed by atoms with Gasteiger partial charge in [0.1, 0.15) is 11.6 Å². The summed E-state index contributed by atoms with van der Waals surface area (Å²) in [6.45, 7) is 5.49. The van der Waals surface area contributed by atoms with Crippen LogP contribution in [0, 0.1) is 6.92 Å². The fourth-order valence-electron chi connectivity index (χ4n) is 3.08. The maximum Gasteiger partial charge on any atom is 0.228 e. The van der Waals surface area contributed by atoms with Crippen LogP contribution in [0.4, 0.5) is 17.6 Å². The minimum Gasteiger partial charge on any atom is -0.360 e. The standard InChI is InChI=1S/C23H23N5O/c1-3-28(16-18-10-6-4-7-11-18)23-24-20(19-12-8-5-9-13-19)15-21(26-23)25-22-14-17(2)29-27-22/h4-15H,3,16H2,1-2H3,(H,24,25,26,27). The molecule has 2 aromatic heterocycles. The number of hydrogen-bond donors (Lipinski definition) is 1. The van der Waals surface area contributed by atoms with Crippen molar-refractivity contribution in [2.24, 2.45) is 0 Å². The molecule has 6 nitrogen and oxygen atoms in total. The van der Waals surface area contributed by atoms with Gasteiger partial charge in [-0.05, 0) is 19.4 Å². The molecule has 6 heteroatoms. The Morgan fingerprint density at radius 1 is 0.897 bits per heavy atom. The molecule has 0 saturated carbocycles. The van der Waals surface area contributed by atoms with Gasteiger partial charge in [0.25, 0.3) is 0 Å². The van der Waals surface area contributed by atoms with Crippen LogP contribution in [-0.2, 0) is 6.54 Å².